The number of amides is 1. The summed E-state index contributed by atoms with van der Waals surface area (Å²) in [5.41, 5.74) is 1.78. The van der Waals surface area contributed by atoms with Crippen LogP contribution in [0.15, 0.2) is 24.3 Å². The highest BCUT2D eigenvalue weighted by molar-refractivity contribution is 5.84. The van der Waals surface area contributed by atoms with Gasteiger partial charge in [0.1, 0.15) is 0 Å². The third-order valence-electron chi connectivity index (χ3n) is 3.02. The van der Waals surface area contributed by atoms with E-state index in [0.29, 0.717) is 13.1 Å². The molecule has 1 aromatic carbocycles. The number of carbonyl (C=O) groups excluding carboxylic acids is 1. The fourth-order valence-corrected chi connectivity index (χ4v) is 2.04. The molecular formula is C13H19N3O3. The zero-order valence-corrected chi connectivity index (χ0v) is 10.7. The average Bonchev–Trinajstić information content (AvgIpc) is 2.45. The van der Waals surface area contributed by atoms with Gasteiger partial charge >= 0.3 is 0 Å². The van der Waals surface area contributed by atoms with Crippen LogP contribution < -0.4 is 15.5 Å². The van der Waals surface area contributed by atoms with Crippen molar-refractivity contribution in [1.29, 1.82) is 0 Å². The normalized spacial score (nSPS) is 16.9. The summed E-state index contributed by atoms with van der Waals surface area (Å²) in [6, 6.07) is 7.63. The number of rotatable bonds is 5. The molecule has 2 rings (SSSR count). The fraction of sp³-hybridized carbons (Fsp3) is 0.462. The zero-order valence-electron chi connectivity index (χ0n) is 10.7. The fourth-order valence-electron chi connectivity index (χ4n) is 2.04. The predicted octanol–water partition coefficient (Wildman–Crippen LogP) is -0.612. The van der Waals surface area contributed by atoms with Crippen LogP contribution in [-0.4, -0.2) is 55.0 Å². The van der Waals surface area contributed by atoms with Crippen LogP contribution >= 0.6 is 0 Å². The Labute approximate surface area is 112 Å². The highest BCUT2D eigenvalue weighted by atomic mass is 16.3. The molecule has 1 saturated heterocycles. The molecule has 0 aliphatic carbocycles. The van der Waals surface area contributed by atoms with Gasteiger partial charge in [0.05, 0.1) is 30.6 Å². The van der Waals surface area contributed by atoms with E-state index < -0.39 is 6.10 Å². The number of nitrogens with zero attached hydrogens (tertiary/aromatic N) is 1. The van der Waals surface area contributed by atoms with Gasteiger partial charge in [-0.1, -0.05) is 12.1 Å². The maximum Gasteiger partial charge on any atom is 0.239 e. The van der Waals surface area contributed by atoms with Gasteiger partial charge in [-0.25, -0.2) is 0 Å². The molecule has 0 bridgehead atoms. The van der Waals surface area contributed by atoms with Gasteiger partial charge in [0.25, 0.3) is 0 Å². The molecule has 0 radical (unpaired) electrons. The van der Waals surface area contributed by atoms with E-state index in [1.807, 2.05) is 29.2 Å². The Morgan fingerprint density at radius 2 is 2.21 bits per heavy atom. The maximum atomic E-state index is 11.4. The van der Waals surface area contributed by atoms with E-state index >= 15 is 0 Å². The van der Waals surface area contributed by atoms with Gasteiger partial charge in [0, 0.05) is 19.6 Å². The number of para-hydroxylation sites is 2. The molecule has 1 aromatic rings. The molecule has 1 atom stereocenters. The summed E-state index contributed by atoms with van der Waals surface area (Å²) < 4.78 is 0. The lowest BCUT2D eigenvalue weighted by Gasteiger charge is -2.30. The van der Waals surface area contributed by atoms with Gasteiger partial charge in [-0.2, -0.15) is 0 Å². The van der Waals surface area contributed by atoms with Crippen molar-refractivity contribution in [2.45, 2.75) is 6.10 Å². The highest BCUT2D eigenvalue weighted by Gasteiger charge is 2.18. The van der Waals surface area contributed by atoms with Gasteiger partial charge in [0.2, 0.25) is 5.91 Å². The van der Waals surface area contributed by atoms with Crippen LogP contribution in [0.1, 0.15) is 0 Å². The Balaban J connectivity index is 2.09. The second kappa shape index (κ2) is 6.40. The first kappa shape index (κ1) is 13.6. The summed E-state index contributed by atoms with van der Waals surface area (Å²) in [5, 5.41) is 24.1. The van der Waals surface area contributed by atoms with Crippen molar-refractivity contribution >= 4 is 17.3 Å². The molecular weight excluding hydrogens is 246 g/mol. The molecule has 1 fully saturated rings. The van der Waals surface area contributed by atoms with E-state index in [2.05, 4.69) is 10.6 Å². The van der Waals surface area contributed by atoms with Gasteiger partial charge in [-0.3, -0.25) is 4.79 Å². The van der Waals surface area contributed by atoms with Crippen molar-refractivity contribution in [2.75, 3.05) is 43.0 Å². The quantitative estimate of drug-likeness (QED) is 0.571. The first-order valence-electron chi connectivity index (χ1n) is 6.34. The Hall–Kier alpha value is -1.79. The maximum absolute atomic E-state index is 11.4. The molecule has 0 spiro atoms. The lowest BCUT2D eigenvalue weighted by molar-refractivity contribution is -0.120. The number of hydrogen-bond donors (Lipinski definition) is 4. The molecule has 1 aliphatic heterocycles. The summed E-state index contributed by atoms with van der Waals surface area (Å²) in [6.45, 7) is 1.72. The number of aliphatic hydroxyl groups is 2. The monoisotopic (exact) mass is 265 g/mol. The number of aliphatic hydroxyl groups excluding tert-OH is 2. The van der Waals surface area contributed by atoms with Crippen molar-refractivity contribution in [2.24, 2.45) is 0 Å². The second-order valence-corrected chi connectivity index (χ2v) is 4.51. The zero-order chi connectivity index (χ0) is 13.7. The smallest absolute Gasteiger partial charge is 0.239 e. The summed E-state index contributed by atoms with van der Waals surface area (Å²) in [5.74, 6) is 0.0106. The lowest BCUT2D eigenvalue weighted by Crippen LogP contribution is -2.47. The summed E-state index contributed by atoms with van der Waals surface area (Å²) in [6.07, 6.45) is -0.794. The molecule has 19 heavy (non-hydrogen) atoms. The van der Waals surface area contributed by atoms with E-state index in [-0.39, 0.29) is 19.1 Å². The first-order chi connectivity index (χ1) is 9.20. The van der Waals surface area contributed by atoms with E-state index in [9.17, 15) is 9.90 Å². The second-order valence-electron chi connectivity index (χ2n) is 4.51. The van der Waals surface area contributed by atoms with E-state index in [4.69, 9.17) is 5.11 Å². The van der Waals surface area contributed by atoms with Crippen LogP contribution in [0.5, 0.6) is 0 Å². The number of benzene rings is 1. The number of anilines is 2. The van der Waals surface area contributed by atoms with E-state index in [0.717, 1.165) is 17.9 Å². The minimum absolute atomic E-state index is 0.0106. The number of hydrogen-bond acceptors (Lipinski definition) is 5. The third-order valence-corrected chi connectivity index (χ3v) is 3.02. The molecule has 6 heteroatoms. The summed E-state index contributed by atoms with van der Waals surface area (Å²) in [7, 11) is 0. The van der Waals surface area contributed by atoms with Crippen LogP contribution in [-0.2, 0) is 4.79 Å². The van der Waals surface area contributed by atoms with Crippen molar-refractivity contribution in [1.82, 2.24) is 5.32 Å². The molecule has 1 amide bonds. The largest absolute Gasteiger partial charge is 0.394 e. The van der Waals surface area contributed by atoms with Gasteiger partial charge in [-0.05, 0) is 12.1 Å². The van der Waals surface area contributed by atoms with Crippen LogP contribution in [0.2, 0.25) is 0 Å². The first-order valence-corrected chi connectivity index (χ1v) is 6.34. The van der Waals surface area contributed by atoms with Crippen molar-refractivity contribution in [3.8, 4) is 0 Å². The molecule has 1 unspecified atom stereocenters. The van der Waals surface area contributed by atoms with Crippen LogP contribution in [0.25, 0.3) is 0 Å². The molecule has 6 nitrogen and oxygen atoms in total. The summed E-state index contributed by atoms with van der Waals surface area (Å²) in [4.78, 5) is 13.4. The topological polar surface area (TPSA) is 84.8 Å². The third kappa shape index (κ3) is 3.59. The number of carbonyl (C=O) groups is 1. The lowest BCUT2D eigenvalue weighted by atomic mass is 10.2. The van der Waals surface area contributed by atoms with Crippen LogP contribution in [0, 0.1) is 0 Å². The van der Waals surface area contributed by atoms with E-state index in [1.54, 1.807) is 0 Å². The highest BCUT2D eigenvalue weighted by Crippen LogP contribution is 2.25. The van der Waals surface area contributed by atoms with Crippen LogP contribution in [0.3, 0.4) is 0 Å². The van der Waals surface area contributed by atoms with Crippen molar-refractivity contribution in [3.63, 3.8) is 0 Å². The number of piperazine rings is 1. The molecule has 1 aliphatic rings. The molecule has 1 heterocycles. The molecule has 104 valence electrons. The molecule has 0 saturated carbocycles. The van der Waals surface area contributed by atoms with Gasteiger partial charge in [0.15, 0.2) is 0 Å². The Kier molecular flexibility index (Phi) is 4.59. The Bertz CT molecular complexity index is 439. The summed E-state index contributed by atoms with van der Waals surface area (Å²) >= 11 is 0. The van der Waals surface area contributed by atoms with Crippen molar-refractivity contribution < 1.29 is 15.0 Å². The predicted molar refractivity (Wildman–Crippen MR) is 73.2 cm³/mol. The van der Waals surface area contributed by atoms with Gasteiger partial charge in [-0.15, -0.1) is 0 Å². The minimum atomic E-state index is -0.794. The van der Waals surface area contributed by atoms with Gasteiger partial charge < -0.3 is 25.7 Å². The van der Waals surface area contributed by atoms with Crippen molar-refractivity contribution in [3.05, 3.63) is 24.3 Å². The van der Waals surface area contributed by atoms with E-state index in [1.165, 1.54) is 0 Å². The van der Waals surface area contributed by atoms with Crippen LogP contribution in [0.4, 0.5) is 11.4 Å². The molecule has 4 N–H and O–H groups in total. The Morgan fingerprint density at radius 1 is 1.42 bits per heavy atom. The average molecular weight is 265 g/mol. The standard InChI is InChI=1S/C13H19N3O3/c17-9-10(18)7-15-11-3-1-2-4-12(11)16-6-5-14-13(19)8-16/h1-4,10,15,17-18H,5-9H2,(H,14,19). The SMILES string of the molecule is O=C1CN(c2ccccc2NCC(O)CO)CCN1. The minimum Gasteiger partial charge on any atom is -0.394 e. The molecule has 0 aromatic heterocycles. The Morgan fingerprint density at radius 3 is 2.95 bits per heavy atom. The number of nitrogens with one attached hydrogen (secondary N) is 2.